The van der Waals surface area contributed by atoms with Crippen molar-refractivity contribution in [1.82, 2.24) is 4.90 Å². The van der Waals surface area contributed by atoms with Crippen LogP contribution < -0.4 is 10.1 Å². The van der Waals surface area contributed by atoms with E-state index in [9.17, 15) is 19.5 Å². The molecule has 0 saturated carbocycles. The van der Waals surface area contributed by atoms with Crippen molar-refractivity contribution in [2.24, 2.45) is 0 Å². The van der Waals surface area contributed by atoms with Crippen LogP contribution in [0.5, 0.6) is 11.5 Å². The molecule has 7 nitrogen and oxygen atoms in total. The number of aromatic hydroxyl groups is 1. The summed E-state index contributed by atoms with van der Waals surface area (Å²) in [6, 6.07) is 10.3. The van der Waals surface area contributed by atoms with Crippen molar-refractivity contribution in [1.29, 1.82) is 0 Å². The third kappa shape index (κ3) is 4.80. The number of halogens is 1. The number of ether oxygens (including phenoxy) is 1. The third-order valence-electron chi connectivity index (χ3n) is 4.08. The minimum atomic E-state index is -0.553. The minimum absolute atomic E-state index is 0.0643. The molecule has 1 saturated heterocycles. The van der Waals surface area contributed by atoms with Crippen molar-refractivity contribution < 1.29 is 24.2 Å². The zero-order chi connectivity index (χ0) is 21.1. The van der Waals surface area contributed by atoms with Crippen molar-refractivity contribution in [2.75, 3.05) is 19.0 Å². The van der Waals surface area contributed by atoms with Gasteiger partial charge in [-0.2, -0.15) is 0 Å². The summed E-state index contributed by atoms with van der Waals surface area (Å²) in [5.74, 6) is -0.860. The Bertz CT molecular complexity index is 1020. The number of aryl methyl sites for hydroxylation is 1. The van der Waals surface area contributed by atoms with Gasteiger partial charge in [0, 0.05) is 5.69 Å². The Balaban J connectivity index is 1.74. The molecule has 2 aromatic carbocycles. The van der Waals surface area contributed by atoms with Crippen LogP contribution in [0.2, 0.25) is 0 Å². The van der Waals surface area contributed by atoms with Crippen molar-refractivity contribution in [3.05, 3.63) is 56.9 Å². The molecule has 0 bridgehead atoms. The molecule has 1 aliphatic heterocycles. The number of anilines is 1. The van der Waals surface area contributed by atoms with Crippen LogP contribution in [0, 0.1) is 6.92 Å². The second-order valence-corrected chi connectivity index (χ2v) is 8.08. The second-order valence-electron chi connectivity index (χ2n) is 6.24. The fraction of sp³-hybridized carbons (Fsp3) is 0.150. The molecule has 29 heavy (non-hydrogen) atoms. The topological polar surface area (TPSA) is 95.9 Å². The first kappa shape index (κ1) is 20.9. The first-order valence-corrected chi connectivity index (χ1v) is 10.1. The quantitative estimate of drug-likeness (QED) is 0.629. The second kappa shape index (κ2) is 8.71. The van der Waals surface area contributed by atoms with E-state index in [-0.39, 0.29) is 22.9 Å². The van der Waals surface area contributed by atoms with E-state index in [0.29, 0.717) is 15.7 Å². The SMILES string of the molecule is COc1cc(C=C2SC(=O)N(CC(=O)Nc3ccc(C)cc3)C2=O)cc(Br)c1O. The van der Waals surface area contributed by atoms with E-state index in [1.54, 1.807) is 18.2 Å². The standard InChI is InChI=1S/C20H17BrN2O5S/c1-11-3-5-13(6-4-11)22-17(24)10-23-19(26)16(29-20(23)27)9-12-7-14(21)18(25)15(8-12)28-2/h3-9,25H,10H2,1-2H3,(H,22,24). The summed E-state index contributed by atoms with van der Waals surface area (Å²) in [6.45, 7) is 1.55. The van der Waals surface area contributed by atoms with Gasteiger partial charge in [0.2, 0.25) is 5.91 Å². The van der Waals surface area contributed by atoms with E-state index in [2.05, 4.69) is 21.2 Å². The van der Waals surface area contributed by atoms with Crippen LogP contribution in [-0.4, -0.2) is 40.7 Å². The maximum Gasteiger partial charge on any atom is 0.294 e. The van der Waals surface area contributed by atoms with E-state index in [0.717, 1.165) is 22.2 Å². The number of thioether (sulfide) groups is 1. The molecular formula is C20H17BrN2O5S. The smallest absolute Gasteiger partial charge is 0.294 e. The average Bonchev–Trinajstić information content (AvgIpc) is 2.93. The molecule has 3 rings (SSSR count). The van der Waals surface area contributed by atoms with Gasteiger partial charge in [0.05, 0.1) is 16.5 Å². The molecule has 2 N–H and O–H groups in total. The number of carbonyl (C=O) groups excluding carboxylic acids is 3. The zero-order valence-electron chi connectivity index (χ0n) is 15.6. The lowest BCUT2D eigenvalue weighted by Crippen LogP contribution is -2.36. The first-order chi connectivity index (χ1) is 13.8. The number of methoxy groups -OCH3 is 1. The summed E-state index contributed by atoms with van der Waals surface area (Å²) in [4.78, 5) is 38.2. The Morgan fingerprint density at radius 1 is 1.28 bits per heavy atom. The minimum Gasteiger partial charge on any atom is -0.503 e. The van der Waals surface area contributed by atoms with Gasteiger partial charge in [0.1, 0.15) is 6.54 Å². The van der Waals surface area contributed by atoms with Gasteiger partial charge in [-0.15, -0.1) is 0 Å². The average molecular weight is 477 g/mol. The van der Waals surface area contributed by atoms with Crippen LogP contribution >= 0.6 is 27.7 Å². The fourth-order valence-corrected chi connectivity index (χ4v) is 3.90. The lowest BCUT2D eigenvalue weighted by molar-refractivity contribution is -0.127. The molecule has 0 atom stereocenters. The van der Waals surface area contributed by atoms with Gasteiger partial charge < -0.3 is 15.2 Å². The van der Waals surface area contributed by atoms with Crippen molar-refractivity contribution >= 4 is 56.5 Å². The van der Waals surface area contributed by atoms with Crippen LogP contribution in [0.4, 0.5) is 10.5 Å². The number of hydrogen-bond donors (Lipinski definition) is 2. The maximum atomic E-state index is 12.6. The van der Waals surface area contributed by atoms with Crippen LogP contribution in [-0.2, 0) is 9.59 Å². The van der Waals surface area contributed by atoms with E-state index in [1.807, 2.05) is 19.1 Å². The molecule has 0 aliphatic carbocycles. The zero-order valence-corrected chi connectivity index (χ0v) is 18.0. The van der Waals surface area contributed by atoms with Crippen LogP contribution in [0.3, 0.4) is 0 Å². The number of carbonyl (C=O) groups is 3. The Kier molecular flexibility index (Phi) is 6.29. The predicted molar refractivity (Wildman–Crippen MR) is 115 cm³/mol. The number of phenolic OH excluding ortho intramolecular Hbond substituents is 1. The molecule has 1 fully saturated rings. The molecule has 1 aliphatic rings. The highest BCUT2D eigenvalue weighted by Crippen LogP contribution is 2.38. The summed E-state index contributed by atoms with van der Waals surface area (Å²) in [5.41, 5.74) is 2.20. The van der Waals surface area contributed by atoms with Gasteiger partial charge in [0.15, 0.2) is 11.5 Å². The van der Waals surface area contributed by atoms with Gasteiger partial charge in [0.25, 0.3) is 11.1 Å². The van der Waals surface area contributed by atoms with E-state index in [4.69, 9.17) is 4.74 Å². The van der Waals surface area contributed by atoms with Gasteiger partial charge in [-0.05, 0) is 70.5 Å². The molecule has 3 amide bonds. The Morgan fingerprint density at radius 2 is 1.97 bits per heavy atom. The van der Waals surface area contributed by atoms with Crippen LogP contribution in [0.1, 0.15) is 11.1 Å². The highest BCUT2D eigenvalue weighted by molar-refractivity contribution is 9.10. The number of imide groups is 1. The number of hydrogen-bond acceptors (Lipinski definition) is 6. The first-order valence-electron chi connectivity index (χ1n) is 8.47. The molecular weight excluding hydrogens is 460 g/mol. The fourth-order valence-electron chi connectivity index (χ4n) is 2.60. The highest BCUT2D eigenvalue weighted by atomic mass is 79.9. The summed E-state index contributed by atoms with van der Waals surface area (Å²) >= 11 is 3.96. The molecule has 0 aromatic heterocycles. The number of rotatable bonds is 5. The molecule has 1 heterocycles. The molecule has 0 radical (unpaired) electrons. The van der Waals surface area contributed by atoms with Gasteiger partial charge in [-0.3, -0.25) is 19.3 Å². The van der Waals surface area contributed by atoms with E-state index in [1.165, 1.54) is 19.3 Å². The monoisotopic (exact) mass is 476 g/mol. The summed E-state index contributed by atoms with van der Waals surface area (Å²) in [6.07, 6.45) is 1.51. The highest BCUT2D eigenvalue weighted by Gasteiger charge is 2.36. The predicted octanol–water partition coefficient (Wildman–Crippen LogP) is 4.15. The van der Waals surface area contributed by atoms with Crippen LogP contribution in [0.25, 0.3) is 6.08 Å². The van der Waals surface area contributed by atoms with Crippen molar-refractivity contribution in [3.8, 4) is 11.5 Å². The number of benzene rings is 2. The van der Waals surface area contributed by atoms with Crippen molar-refractivity contribution in [2.45, 2.75) is 6.92 Å². The lowest BCUT2D eigenvalue weighted by Gasteiger charge is -2.12. The Labute approximate surface area is 179 Å². The largest absolute Gasteiger partial charge is 0.503 e. The maximum absolute atomic E-state index is 12.6. The summed E-state index contributed by atoms with van der Waals surface area (Å²) in [5, 5.41) is 12.0. The summed E-state index contributed by atoms with van der Waals surface area (Å²) in [7, 11) is 1.41. The van der Waals surface area contributed by atoms with Crippen molar-refractivity contribution in [3.63, 3.8) is 0 Å². The normalized spacial score (nSPS) is 15.1. The molecule has 0 unspecified atom stereocenters. The van der Waals surface area contributed by atoms with Gasteiger partial charge in [-0.25, -0.2) is 0 Å². The van der Waals surface area contributed by atoms with Crippen LogP contribution in [0.15, 0.2) is 45.8 Å². The third-order valence-corrected chi connectivity index (χ3v) is 5.59. The Morgan fingerprint density at radius 3 is 2.62 bits per heavy atom. The van der Waals surface area contributed by atoms with Gasteiger partial charge in [-0.1, -0.05) is 17.7 Å². The number of phenols is 1. The number of nitrogens with zero attached hydrogens (tertiary/aromatic N) is 1. The molecule has 150 valence electrons. The van der Waals surface area contributed by atoms with E-state index >= 15 is 0 Å². The van der Waals surface area contributed by atoms with E-state index < -0.39 is 17.1 Å². The lowest BCUT2D eigenvalue weighted by atomic mass is 10.2. The molecule has 9 heteroatoms. The number of nitrogens with one attached hydrogen (secondary N) is 1. The molecule has 0 spiro atoms. The van der Waals surface area contributed by atoms with Gasteiger partial charge >= 0.3 is 0 Å². The molecule has 2 aromatic rings. The summed E-state index contributed by atoms with van der Waals surface area (Å²) < 4.78 is 5.47. The number of amides is 3. The Hall–Kier alpha value is -2.78.